The average Bonchev–Trinajstić information content (AvgIpc) is 2.46. The Morgan fingerprint density at radius 2 is 1.16 bits per heavy atom. The van der Waals surface area contributed by atoms with Crippen LogP contribution in [0.5, 0.6) is 0 Å². The van der Waals surface area contributed by atoms with Crippen LogP contribution in [0.1, 0.15) is 74.1 Å². The molecule has 0 heterocycles. The minimum absolute atomic E-state index is 0.167. The third-order valence-corrected chi connectivity index (χ3v) is 1.70. The highest BCUT2D eigenvalue weighted by atomic mass is 19.4. The molecule has 0 fully saturated rings. The van der Waals surface area contributed by atoms with Crippen LogP contribution in [0.4, 0.5) is 13.2 Å². The fraction of sp³-hybridized carbons (Fsp3) is 0.941. The standard InChI is InChI=1S/C6H14.C4H11N.C3H8O.C2HF3O2.C2H6O/c1-3-5-6-4-2;1-3-5-4-2;1-3(2)4;3-2(4,5)1(6)7;1-2-3/h3-6H2,1-2H3;5H,3-4H2,1-2H3;3-4H,1-2H3;(H,6,7);3H,2H2,1H3. The molecule has 5 nitrogen and oxygen atoms in total. The van der Waals surface area contributed by atoms with Crippen LogP contribution in [0.15, 0.2) is 0 Å². The van der Waals surface area contributed by atoms with E-state index < -0.39 is 12.1 Å². The van der Waals surface area contributed by atoms with Crippen LogP contribution in [0.2, 0.25) is 0 Å². The van der Waals surface area contributed by atoms with Gasteiger partial charge in [0.05, 0.1) is 0 Å². The summed E-state index contributed by atoms with van der Waals surface area (Å²) in [6.45, 7) is 16.2. The lowest BCUT2D eigenvalue weighted by Crippen LogP contribution is -2.21. The smallest absolute Gasteiger partial charge is 0.475 e. The van der Waals surface area contributed by atoms with Crippen LogP contribution in [-0.2, 0) is 4.79 Å². The normalized spacial score (nSPS) is 9.16. The molecule has 158 valence electrons. The molecule has 0 rings (SSSR count). The molecule has 0 aliphatic carbocycles. The molecule has 0 saturated carbocycles. The third kappa shape index (κ3) is 101. The van der Waals surface area contributed by atoms with E-state index in [0.29, 0.717) is 0 Å². The summed E-state index contributed by atoms with van der Waals surface area (Å²) in [5.74, 6) is -2.76. The summed E-state index contributed by atoms with van der Waals surface area (Å²) >= 11 is 0. The second kappa shape index (κ2) is 31.0. The number of hydrogen-bond donors (Lipinski definition) is 4. The highest BCUT2D eigenvalue weighted by Gasteiger charge is 2.38. The van der Waals surface area contributed by atoms with Crippen molar-refractivity contribution < 1.29 is 33.3 Å². The first-order valence-corrected chi connectivity index (χ1v) is 8.72. The highest BCUT2D eigenvalue weighted by molar-refractivity contribution is 5.73. The van der Waals surface area contributed by atoms with Gasteiger partial charge in [0.15, 0.2) is 0 Å². The van der Waals surface area contributed by atoms with Crippen LogP contribution in [0.25, 0.3) is 0 Å². The maximum absolute atomic E-state index is 10.6. The van der Waals surface area contributed by atoms with Gasteiger partial charge < -0.3 is 20.6 Å². The van der Waals surface area contributed by atoms with Gasteiger partial charge in [-0.3, -0.25) is 0 Å². The molecule has 0 amide bonds. The molecule has 0 aromatic rings. The second-order valence-corrected chi connectivity index (χ2v) is 4.88. The molecule has 0 radical (unpaired) electrons. The largest absolute Gasteiger partial charge is 0.490 e. The molecule has 0 bridgehead atoms. The fourth-order valence-electron chi connectivity index (χ4n) is 0.750. The minimum Gasteiger partial charge on any atom is -0.475 e. The van der Waals surface area contributed by atoms with E-state index in [1.54, 1.807) is 20.8 Å². The molecular weight excluding hydrogens is 339 g/mol. The van der Waals surface area contributed by atoms with Crippen molar-refractivity contribution in [3.05, 3.63) is 0 Å². The van der Waals surface area contributed by atoms with Crippen molar-refractivity contribution in [1.29, 1.82) is 0 Å². The lowest BCUT2D eigenvalue weighted by atomic mass is 10.2. The van der Waals surface area contributed by atoms with E-state index in [1.165, 1.54) is 25.7 Å². The van der Waals surface area contributed by atoms with Crippen molar-refractivity contribution >= 4 is 5.97 Å². The number of carboxylic acid groups (broad SMARTS) is 1. The number of unbranched alkanes of at least 4 members (excludes halogenated alkanes) is 3. The van der Waals surface area contributed by atoms with Gasteiger partial charge in [0, 0.05) is 12.7 Å². The first-order valence-electron chi connectivity index (χ1n) is 8.72. The van der Waals surface area contributed by atoms with Crippen molar-refractivity contribution in [1.82, 2.24) is 5.32 Å². The summed E-state index contributed by atoms with van der Waals surface area (Å²) < 4.78 is 31.7. The highest BCUT2D eigenvalue weighted by Crippen LogP contribution is 2.13. The van der Waals surface area contributed by atoms with Crippen molar-refractivity contribution in [3.63, 3.8) is 0 Å². The number of aliphatic hydroxyl groups is 2. The Bertz CT molecular complexity index is 218. The fourth-order valence-corrected chi connectivity index (χ4v) is 0.750. The van der Waals surface area contributed by atoms with Gasteiger partial charge in [-0.15, -0.1) is 0 Å². The van der Waals surface area contributed by atoms with Crippen molar-refractivity contribution in [3.8, 4) is 0 Å². The maximum Gasteiger partial charge on any atom is 0.490 e. The SMILES string of the molecule is CC(C)O.CCCCCC.CCNCC.CCO.O=C(O)C(F)(F)F. The van der Waals surface area contributed by atoms with Gasteiger partial charge in [0.25, 0.3) is 0 Å². The lowest BCUT2D eigenvalue weighted by Gasteiger charge is -1.93. The number of rotatable bonds is 5. The van der Waals surface area contributed by atoms with Crippen LogP contribution in [0, 0.1) is 0 Å². The van der Waals surface area contributed by atoms with Gasteiger partial charge in [-0.05, 0) is 33.9 Å². The van der Waals surface area contributed by atoms with Crippen LogP contribution < -0.4 is 5.32 Å². The van der Waals surface area contributed by atoms with Gasteiger partial charge in [0.1, 0.15) is 0 Å². The third-order valence-electron chi connectivity index (χ3n) is 1.70. The van der Waals surface area contributed by atoms with Crippen LogP contribution in [0.3, 0.4) is 0 Å². The molecule has 0 saturated heterocycles. The number of halogens is 3. The number of nitrogens with one attached hydrogen (secondary N) is 1. The molecule has 0 atom stereocenters. The summed E-state index contributed by atoms with van der Waals surface area (Å²) in [5.41, 5.74) is 0. The number of aliphatic hydroxyl groups excluding tert-OH is 2. The first kappa shape index (κ1) is 35.3. The first-order chi connectivity index (χ1) is 11.4. The number of carboxylic acids is 1. The van der Waals surface area contributed by atoms with Gasteiger partial charge in [0.2, 0.25) is 0 Å². The number of alkyl halides is 3. The van der Waals surface area contributed by atoms with Crippen molar-refractivity contribution in [2.45, 2.75) is 86.4 Å². The Morgan fingerprint density at radius 3 is 1.20 bits per heavy atom. The van der Waals surface area contributed by atoms with E-state index in [9.17, 15) is 13.2 Å². The summed E-state index contributed by atoms with van der Waals surface area (Å²) in [7, 11) is 0. The van der Waals surface area contributed by atoms with Gasteiger partial charge in [-0.1, -0.05) is 53.4 Å². The van der Waals surface area contributed by atoms with Crippen LogP contribution >= 0.6 is 0 Å². The zero-order valence-electron chi connectivity index (χ0n) is 16.9. The Balaban J connectivity index is -0.0000000687. The summed E-state index contributed by atoms with van der Waals surface area (Å²) in [5, 5.41) is 25.9. The second-order valence-electron chi connectivity index (χ2n) is 4.88. The Hall–Kier alpha value is -0.860. The molecule has 0 aromatic heterocycles. The molecule has 0 aromatic carbocycles. The van der Waals surface area contributed by atoms with Crippen molar-refractivity contribution in [2.75, 3.05) is 19.7 Å². The summed E-state index contributed by atoms with van der Waals surface area (Å²) in [6.07, 6.45) is 0.286. The monoisotopic (exact) mass is 379 g/mol. The Morgan fingerprint density at radius 1 is 0.960 bits per heavy atom. The molecule has 0 spiro atoms. The molecule has 0 aliphatic heterocycles. The van der Waals surface area contributed by atoms with E-state index in [1.807, 2.05) is 0 Å². The molecule has 25 heavy (non-hydrogen) atoms. The zero-order chi connectivity index (χ0) is 21.3. The van der Waals surface area contributed by atoms with E-state index in [4.69, 9.17) is 20.1 Å². The van der Waals surface area contributed by atoms with Crippen LogP contribution in [-0.4, -0.2) is 53.3 Å². The Labute approximate surface area is 151 Å². The average molecular weight is 380 g/mol. The summed E-state index contributed by atoms with van der Waals surface area (Å²) in [6, 6.07) is 0. The predicted molar refractivity (Wildman–Crippen MR) is 97.8 cm³/mol. The Kier molecular flexibility index (Phi) is 43.7. The van der Waals surface area contributed by atoms with Gasteiger partial charge in [-0.2, -0.15) is 13.2 Å². The summed E-state index contributed by atoms with van der Waals surface area (Å²) in [4.78, 5) is 8.90. The molecule has 0 aliphatic rings. The van der Waals surface area contributed by atoms with E-state index in [2.05, 4.69) is 33.0 Å². The van der Waals surface area contributed by atoms with Crippen molar-refractivity contribution in [2.24, 2.45) is 0 Å². The van der Waals surface area contributed by atoms with Gasteiger partial charge in [-0.25, -0.2) is 4.79 Å². The number of carbonyl (C=O) groups is 1. The number of hydrogen-bond acceptors (Lipinski definition) is 4. The van der Waals surface area contributed by atoms with E-state index in [-0.39, 0.29) is 12.7 Å². The number of aliphatic carboxylic acids is 1. The minimum atomic E-state index is -5.08. The van der Waals surface area contributed by atoms with Gasteiger partial charge >= 0.3 is 12.1 Å². The topological polar surface area (TPSA) is 89.8 Å². The lowest BCUT2D eigenvalue weighted by molar-refractivity contribution is -0.192. The molecule has 0 unspecified atom stereocenters. The van der Waals surface area contributed by atoms with E-state index in [0.717, 1.165) is 13.1 Å². The molecule has 8 heteroatoms. The zero-order valence-corrected chi connectivity index (χ0v) is 16.9. The maximum atomic E-state index is 10.6. The van der Waals surface area contributed by atoms with E-state index >= 15 is 0 Å². The molecule has 4 N–H and O–H groups in total. The molecular formula is C17H40F3NO4. The predicted octanol–water partition coefficient (Wildman–Crippen LogP) is 4.22. The quantitative estimate of drug-likeness (QED) is 0.537.